The van der Waals surface area contributed by atoms with Crippen molar-refractivity contribution in [3.05, 3.63) is 47.5 Å². The van der Waals surface area contributed by atoms with Crippen molar-refractivity contribution in [2.24, 2.45) is 0 Å². The van der Waals surface area contributed by atoms with E-state index in [1.807, 2.05) is 38.1 Å². The number of aromatic nitrogens is 1. The number of rotatable bonds is 9. The van der Waals surface area contributed by atoms with Crippen LogP contribution in [0, 0.1) is 0 Å². The van der Waals surface area contributed by atoms with Crippen LogP contribution in [-0.4, -0.2) is 29.3 Å². The average molecular weight is 395 g/mol. The van der Waals surface area contributed by atoms with Crippen molar-refractivity contribution >= 4 is 16.9 Å². The molecule has 5 nitrogen and oxygen atoms in total. The molecule has 0 saturated carbocycles. The van der Waals surface area contributed by atoms with Gasteiger partial charge in [0.05, 0.1) is 25.3 Å². The van der Waals surface area contributed by atoms with Crippen LogP contribution in [0.1, 0.15) is 51.2 Å². The van der Waals surface area contributed by atoms with E-state index in [2.05, 4.69) is 31.0 Å². The highest BCUT2D eigenvalue weighted by atomic mass is 16.5. The molecule has 0 fully saturated rings. The molecule has 1 atom stereocenters. The molecule has 0 radical (unpaired) electrons. The standard InChI is InChI=1S/C24H29NO4/c1-5-15(4)16-8-10-20-18(12-16)19(14-23(26)27)24(25-20)17-9-11-21(28-6-2)22(13-17)29-7-3/h8-13,15,25H,5-7,14H2,1-4H3,(H,26,27). The van der Waals surface area contributed by atoms with Crippen molar-refractivity contribution in [3.63, 3.8) is 0 Å². The van der Waals surface area contributed by atoms with Gasteiger partial charge in [-0.1, -0.05) is 19.9 Å². The van der Waals surface area contributed by atoms with Crippen molar-refractivity contribution in [2.75, 3.05) is 13.2 Å². The second kappa shape index (κ2) is 9.03. The monoisotopic (exact) mass is 395 g/mol. The second-order valence-corrected chi connectivity index (χ2v) is 7.19. The molecule has 3 aromatic rings. The Morgan fingerprint density at radius 2 is 1.76 bits per heavy atom. The Bertz CT molecular complexity index is 1010. The molecular weight excluding hydrogens is 366 g/mol. The number of fused-ring (bicyclic) bond motifs is 1. The third-order valence-corrected chi connectivity index (χ3v) is 5.27. The summed E-state index contributed by atoms with van der Waals surface area (Å²) in [4.78, 5) is 15.1. The summed E-state index contributed by atoms with van der Waals surface area (Å²) in [6, 6.07) is 12.0. The highest BCUT2D eigenvalue weighted by Gasteiger charge is 2.18. The SMILES string of the molecule is CCOc1ccc(-c2[nH]c3ccc(C(C)CC)cc3c2CC(=O)O)cc1OCC. The molecule has 1 unspecified atom stereocenters. The minimum absolute atomic E-state index is 0.0452. The Labute approximate surface area is 171 Å². The number of nitrogens with one attached hydrogen (secondary N) is 1. The predicted molar refractivity (Wildman–Crippen MR) is 116 cm³/mol. The molecule has 0 aliphatic carbocycles. The van der Waals surface area contributed by atoms with Crippen LogP contribution in [0.2, 0.25) is 0 Å². The molecule has 0 bridgehead atoms. The molecule has 29 heavy (non-hydrogen) atoms. The number of benzene rings is 2. The van der Waals surface area contributed by atoms with Gasteiger partial charge in [0.25, 0.3) is 0 Å². The molecule has 0 aliphatic heterocycles. The number of ether oxygens (including phenoxy) is 2. The van der Waals surface area contributed by atoms with Gasteiger partial charge in [0, 0.05) is 16.5 Å². The summed E-state index contributed by atoms with van der Waals surface area (Å²) in [6.07, 6.45) is 0.990. The Kier molecular flexibility index (Phi) is 6.47. The maximum atomic E-state index is 11.6. The van der Waals surface area contributed by atoms with Crippen LogP contribution in [0.3, 0.4) is 0 Å². The number of aliphatic carboxylic acids is 1. The second-order valence-electron chi connectivity index (χ2n) is 7.19. The smallest absolute Gasteiger partial charge is 0.307 e. The number of carboxylic acid groups (broad SMARTS) is 1. The van der Waals surface area contributed by atoms with Crippen LogP contribution >= 0.6 is 0 Å². The summed E-state index contributed by atoms with van der Waals surface area (Å²) >= 11 is 0. The molecule has 2 N–H and O–H groups in total. The zero-order valence-corrected chi connectivity index (χ0v) is 17.5. The lowest BCUT2D eigenvalue weighted by Gasteiger charge is -2.13. The Balaban J connectivity index is 2.17. The number of carbonyl (C=O) groups is 1. The van der Waals surface area contributed by atoms with Crippen LogP contribution in [0.4, 0.5) is 0 Å². The van der Waals surface area contributed by atoms with E-state index in [1.165, 1.54) is 5.56 Å². The normalized spacial score (nSPS) is 12.1. The van der Waals surface area contributed by atoms with Gasteiger partial charge in [-0.2, -0.15) is 0 Å². The van der Waals surface area contributed by atoms with Gasteiger partial charge in [-0.15, -0.1) is 0 Å². The molecule has 0 saturated heterocycles. The molecule has 0 aliphatic rings. The largest absolute Gasteiger partial charge is 0.490 e. The highest BCUT2D eigenvalue weighted by molar-refractivity contribution is 5.94. The summed E-state index contributed by atoms with van der Waals surface area (Å²) in [7, 11) is 0. The van der Waals surface area contributed by atoms with Crippen LogP contribution < -0.4 is 9.47 Å². The average Bonchev–Trinajstić information content (AvgIpc) is 3.06. The van der Waals surface area contributed by atoms with Gasteiger partial charge in [0.15, 0.2) is 11.5 Å². The summed E-state index contributed by atoms with van der Waals surface area (Å²) in [5, 5.41) is 10.5. The first-order valence-corrected chi connectivity index (χ1v) is 10.2. The first-order chi connectivity index (χ1) is 14.0. The maximum Gasteiger partial charge on any atom is 0.307 e. The highest BCUT2D eigenvalue weighted by Crippen LogP contribution is 2.37. The summed E-state index contributed by atoms with van der Waals surface area (Å²) in [5.41, 5.74) is 4.65. The number of aromatic amines is 1. The molecule has 2 aromatic carbocycles. The van der Waals surface area contributed by atoms with Crippen molar-refractivity contribution in [2.45, 2.75) is 46.5 Å². The number of carboxylic acids is 1. The zero-order chi connectivity index (χ0) is 21.0. The minimum atomic E-state index is -0.850. The maximum absolute atomic E-state index is 11.6. The first-order valence-electron chi connectivity index (χ1n) is 10.2. The van der Waals surface area contributed by atoms with Crippen molar-refractivity contribution in [1.29, 1.82) is 0 Å². The van der Waals surface area contributed by atoms with E-state index in [4.69, 9.17) is 9.47 Å². The lowest BCUT2D eigenvalue weighted by Crippen LogP contribution is -2.02. The van der Waals surface area contributed by atoms with E-state index in [-0.39, 0.29) is 6.42 Å². The number of hydrogen-bond acceptors (Lipinski definition) is 3. The van der Waals surface area contributed by atoms with Crippen LogP contribution in [0.25, 0.3) is 22.2 Å². The third kappa shape index (κ3) is 4.39. The molecule has 1 heterocycles. The quantitative estimate of drug-likeness (QED) is 0.482. The molecular formula is C24H29NO4. The molecule has 3 rings (SSSR count). The van der Waals surface area contributed by atoms with Gasteiger partial charge in [-0.05, 0) is 67.6 Å². The Hall–Kier alpha value is -2.95. The van der Waals surface area contributed by atoms with E-state index in [1.54, 1.807) is 0 Å². The Morgan fingerprint density at radius 1 is 1.03 bits per heavy atom. The topological polar surface area (TPSA) is 71.6 Å². The molecule has 154 valence electrons. The van der Waals surface area contributed by atoms with Gasteiger partial charge in [-0.25, -0.2) is 0 Å². The van der Waals surface area contributed by atoms with E-state index in [9.17, 15) is 9.90 Å². The van der Waals surface area contributed by atoms with Gasteiger partial charge in [0.1, 0.15) is 0 Å². The third-order valence-electron chi connectivity index (χ3n) is 5.27. The van der Waals surface area contributed by atoms with Crippen LogP contribution in [0.15, 0.2) is 36.4 Å². The summed E-state index contributed by atoms with van der Waals surface area (Å²) in [6.45, 7) is 9.28. The van der Waals surface area contributed by atoms with Gasteiger partial charge in [0.2, 0.25) is 0 Å². The van der Waals surface area contributed by atoms with Crippen LogP contribution in [0.5, 0.6) is 11.5 Å². The van der Waals surface area contributed by atoms with Crippen LogP contribution in [-0.2, 0) is 11.2 Å². The fraction of sp³-hybridized carbons (Fsp3) is 0.375. The first kappa shape index (κ1) is 20.8. The molecule has 5 heteroatoms. The van der Waals surface area contributed by atoms with E-state index in [0.29, 0.717) is 30.6 Å². The van der Waals surface area contributed by atoms with Crippen molar-refractivity contribution < 1.29 is 19.4 Å². The zero-order valence-electron chi connectivity index (χ0n) is 17.5. The molecule has 0 spiro atoms. The van der Waals surface area contributed by atoms with E-state index in [0.717, 1.165) is 34.1 Å². The fourth-order valence-electron chi connectivity index (χ4n) is 3.60. The predicted octanol–water partition coefficient (Wildman–Crippen LogP) is 5.77. The van der Waals surface area contributed by atoms with Crippen molar-refractivity contribution in [3.8, 4) is 22.8 Å². The summed E-state index contributed by atoms with van der Waals surface area (Å²) < 4.78 is 11.4. The van der Waals surface area contributed by atoms with Gasteiger partial charge < -0.3 is 19.6 Å². The van der Waals surface area contributed by atoms with Gasteiger partial charge >= 0.3 is 5.97 Å². The van der Waals surface area contributed by atoms with Gasteiger partial charge in [-0.3, -0.25) is 4.79 Å². The molecule has 0 amide bonds. The van der Waals surface area contributed by atoms with E-state index < -0.39 is 5.97 Å². The fourth-order valence-corrected chi connectivity index (χ4v) is 3.60. The van der Waals surface area contributed by atoms with Crippen molar-refractivity contribution in [1.82, 2.24) is 4.98 Å². The lowest BCUT2D eigenvalue weighted by atomic mass is 9.95. The Morgan fingerprint density at radius 3 is 2.41 bits per heavy atom. The number of hydrogen-bond donors (Lipinski definition) is 2. The summed E-state index contributed by atoms with van der Waals surface area (Å²) in [5.74, 6) is 0.919. The minimum Gasteiger partial charge on any atom is -0.490 e. The van der Waals surface area contributed by atoms with E-state index >= 15 is 0 Å². The lowest BCUT2D eigenvalue weighted by molar-refractivity contribution is -0.136. The number of H-pyrrole nitrogens is 1. The molecule has 1 aromatic heterocycles.